The SMILES string of the molecule is CCC1CCC2(CC1)NC(=O)N(CC(=O)N1CCC1)C2=O. The molecule has 3 fully saturated rings. The van der Waals surface area contributed by atoms with Gasteiger partial charge in [-0.25, -0.2) is 4.79 Å². The number of imide groups is 1. The zero-order valence-corrected chi connectivity index (χ0v) is 12.6. The Morgan fingerprint density at radius 1 is 1.29 bits per heavy atom. The molecular weight excluding hydrogens is 270 g/mol. The molecule has 1 aliphatic carbocycles. The number of nitrogens with one attached hydrogen (secondary N) is 1. The van der Waals surface area contributed by atoms with Crippen LogP contribution in [0.4, 0.5) is 4.79 Å². The van der Waals surface area contributed by atoms with E-state index in [-0.39, 0.29) is 18.4 Å². The zero-order chi connectivity index (χ0) is 15.0. The van der Waals surface area contributed by atoms with Crippen molar-refractivity contribution in [2.24, 2.45) is 5.92 Å². The van der Waals surface area contributed by atoms with Crippen molar-refractivity contribution in [3.05, 3.63) is 0 Å². The largest absolute Gasteiger partial charge is 0.341 e. The van der Waals surface area contributed by atoms with E-state index < -0.39 is 11.6 Å². The molecule has 0 radical (unpaired) electrons. The molecule has 0 aromatic rings. The van der Waals surface area contributed by atoms with E-state index in [1.807, 2.05) is 0 Å². The van der Waals surface area contributed by atoms with Crippen LogP contribution < -0.4 is 5.32 Å². The fraction of sp³-hybridized carbons (Fsp3) is 0.800. The Hall–Kier alpha value is -1.59. The van der Waals surface area contributed by atoms with Gasteiger partial charge in [0, 0.05) is 13.1 Å². The molecule has 4 amide bonds. The van der Waals surface area contributed by atoms with Crippen LogP contribution in [0.15, 0.2) is 0 Å². The molecule has 0 aromatic carbocycles. The lowest BCUT2D eigenvalue weighted by atomic mass is 9.75. The van der Waals surface area contributed by atoms with Gasteiger partial charge in [-0.05, 0) is 38.0 Å². The summed E-state index contributed by atoms with van der Waals surface area (Å²) in [4.78, 5) is 39.5. The molecule has 0 aromatic heterocycles. The molecule has 1 N–H and O–H groups in total. The Bertz CT molecular complexity index is 465. The van der Waals surface area contributed by atoms with Gasteiger partial charge < -0.3 is 10.2 Å². The molecule has 0 atom stereocenters. The quantitative estimate of drug-likeness (QED) is 0.792. The van der Waals surface area contributed by atoms with Gasteiger partial charge in [-0.2, -0.15) is 0 Å². The summed E-state index contributed by atoms with van der Waals surface area (Å²) in [7, 11) is 0. The molecule has 0 unspecified atom stereocenters. The van der Waals surface area contributed by atoms with Crippen molar-refractivity contribution in [3.63, 3.8) is 0 Å². The minimum Gasteiger partial charge on any atom is -0.341 e. The van der Waals surface area contributed by atoms with E-state index in [1.165, 1.54) is 0 Å². The number of hydrogen-bond donors (Lipinski definition) is 1. The van der Waals surface area contributed by atoms with Crippen molar-refractivity contribution in [3.8, 4) is 0 Å². The first-order chi connectivity index (χ1) is 10.1. The third-order valence-corrected chi connectivity index (χ3v) is 5.28. The summed E-state index contributed by atoms with van der Waals surface area (Å²) in [5.74, 6) is 0.331. The van der Waals surface area contributed by atoms with E-state index in [0.717, 1.165) is 43.7 Å². The van der Waals surface area contributed by atoms with Crippen molar-refractivity contribution in [1.82, 2.24) is 15.1 Å². The fourth-order valence-corrected chi connectivity index (χ4v) is 3.54. The highest BCUT2D eigenvalue weighted by molar-refractivity contribution is 6.09. The first-order valence-corrected chi connectivity index (χ1v) is 7.97. The van der Waals surface area contributed by atoms with Gasteiger partial charge in [0.1, 0.15) is 12.1 Å². The number of hydrogen-bond acceptors (Lipinski definition) is 3. The summed E-state index contributed by atoms with van der Waals surface area (Å²) < 4.78 is 0. The molecule has 3 aliphatic rings. The Morgan fingerprint density at radius 3 is 2.48 bits per heavy atom. The number of carbonyl (C=O) groups is 3. The van der Waals surface area contributed by atoms with Crippen molar-refractivity contribution >= 4 is 17.8 Å². The minimum atomic E-state index is -0.738. The minimum absolute atomic E-state index is 0.108. The van der Waals surface area contributed by atoms with Gasteiger partial charge in [0.25, 0.3) is 5.91 Å². The maximum Gasteiger partial charge on any atom is 0.325 e. The van der Waals surface area contributed by atoms with E-state index in [9.17, 15) is 14.4 Å². The molecule has 3 rings (SSSR count). The van der Waals surface area contributed by atoms with Gasteiger partial charge in [0.2, 0.25) is 5.91 Å². The molecule has 6 nitrogen and oxygen atoms in total. The lowest BCUT2D eigenvalue weighted by Crippen LogP contribution is -2.51. The number of amides is 4. The Morgan fingerprint density at radius 2 is 1.95 bits per heavy atom. The molecule has 2 saturated heterocycles. The summed E-state index contributed by atoms with van der Waals surface area (Å²) in [5.41, 5.74) is -0.738. The number of likely N-dealkylation sites (tertiary alicyclic amines) is 1. The Labute approximate surface area is 124 Å². The number of nitrogens with zero attached hydrogens (tertiary/aromatic N) is 2. The predicted octanol–water partition coefficient (Wildman–Crippen LogP) is 1.11. The Balaban J connectivity index is 1.66. The fourth-order valence-electron chi connectivity index (χ4n) is 3.54. The van der Waals surface area contributed by atoms with Gasteiger partial charge in [-0.3, -0.25) is 14.5 Å². The lowest BCUT2D eigenvalue weighted by Gasteiger charge is -2.35. The molecule has 2 aliphatic heterocycles. The van der Waals surface area contributed by atoms with Crippen LogP contribution in [0.1, 0.15) is 45.4 Å². The summed E-state index contributed by atoms with van der Waals surface area (Å²) in [5, 5.41) is 2.86. The second kappa shape index (κ2) is 5.31. The highest BCUT2D eigenvalue weighted by Crippen LogP contribution is 2.37. The number of urea groups is 1. The van der Waals surface area contributed by atoms with Crippen LogP contribution in [0.25, 0.3) is 0 Å². The maximum atomic E-state index is 12.6. The monoisotopic (exact) mass is 293 g/mol. The standard InChI is InChI=1S/C15H23N3O3/c1-2-11-4-6-15(7-5-11)13(20)18(14(21)16-15)10-12(19)17-8-3-9-17/h11H,2-10H2,1H3,(H,16,21). The topological polar surface area (TPSA) is 69.7 Å². The summed E-state index contributed by atoms with van der Waals surface area (Å²) in [6, 6.07) is -0.399. The van der Waals surface area contributed by atoms with E-state index in [1.54, 1.807) is 4.90 Å². The summed E-state index contributed by atoms with van der Waals surface area (Å²) in [6.45, 7) is 3.54. The molecule has 116 valence electrons. The van der Waals surface area contributed by atoms with Crippen LogP contribution in [0, 0.1) is 5.92 Å². The molecule has 21 heavy (non-hydrogen) atoms. The maximum absolute atomic E-state index is 12.6. The predicted molar refractivity (Wildman–Crippen MR) is 76.4 cm³/mol. The highest BCUT2D eigenvalue weighted by atomic mass is 16.2. The van der Waals surface area contributed by atoms with Gasteiger partial charge in [-0.1, -0.05) is 13.3 Å². The second-order valence-electron chi connectivity index (χ2n) is 6.49. The van der Waals surface area contributed by atoms with Crippen molar-refractivity contribution in [2.45, 2.75) is 51.0 Å². The van der Waals surface area contributed by atoms with E-state index in [2.05, 4.69) is 12.2 Å². The molecule has 2 heterocycles. The second-order valence-corrected chi connectivity index (χ2v) is 6.49. The molecule has 6 heteroatoms. The number of rotatable bonds is 3. The van der Waals surface area contributed by atoms with E-state index in [0.29, 0.717) is 18.8 Å². The third kappa shape index (κ3) is 2.40. The first kappa shape index (κ1) is 14.4. The molecular formula is C15H23N3O3. The van der Waals surface area contributed by atoms with Gasteiger partial charge >= 0.3 is 6.03 Å². The molecule has 1 spiro atoms. The van der Waals surface area contributed by atoms with Crippen LogP contribution in [0.2, 0.25) is 0 Å². The van der Waals surface area contributed by atoms with Crippen LogP contribution in [0.3, 0.4) is 0 Å². The molecule has 1 saturated carbocycles. The van der Waals surface area contributed by atoms with Gasteiger partial charge in [-0.15, -0.1) is 0 Å². The van der Waals surface area contributed by atoms with Gasteiger partial charge in [0.05, 0.1) is 0 Å². The van der Waals surface area contributed by atoms with Crippen molar-refractivity contribution in [1.29, 1.82) is 0 Å². The van der Waals surface area contributed by atoms with Crippen LogP contribution in [0.5, 0.6) is 0 Å². The van der Waals surface area contributed by atoms with E-state index >= 15 is 0 Å². The van der Waals surface area contributed by atoms with Crippen LogP contribution in [-0.4, -0.2) is 52.8 Å². The summed E-state index contributed by atoms with van der Waals surface area (Å²) in [6.07, 6.45) is 5.46. The lowest BCUT2D eigenvalue weighted by molar-refractivity contribution is -0.141. The van der Waals surface area contributed by atoms with Gasteiger partial charge in [0.15, 0.2) is 0 Å². The average molecular weight is 293 g/mol. The first-order valence-electron chi connectivity index (χ1n) is 7.97. The third-order valence-electron chi connectivity index (χ3n) is 5.28. The molecule has 0 bridgehead atoms. The normalized spacial score (nSPS) is 32.3. The van der Waals surface area contributed by atoms with Crippen LogP contribution in [-0.2, 0) is 9.59 Å². The summed E-state index contributed by atoms with van der Waals surface area (Å²) >= 11 is 0. The van der Waals surface area contributed by atoms with E-state index in [4.69, 9.17) is 0 Å². The van der Waals surface area contributed by atoms with Crippen molar-refractivity contribution < 1.29 is 14.4 Å². The smallest absolute Gasteiger partial charge is 0.325 e. The average Bonchev–Trinajstić information content (AvgIpc) is 2.63. The van der Waals surface area contributed by atoms with Crippen molar-refractivity contribution in [2.75, 3.05) is 19.6 Å². The zero-order valence-electron chi connectivity index (χ0n) is 12.6. The Kier molecular flexibility index (Phi) is 3.63. The number of carbonyl (C=O) groups excluding carboxylic acids is 3. The highest BCUT2D eigenvalue weighted by Gasteiger charge is 2.52. The van der Waals surface area contributed by atoms with Crippen LogP contribution >= 0.6 is 0 Å².